The maximum Gasteiger partial charge on any atom is 0.314 e. The summed E-state index contributed by atoms with van der Waals surface area (Å²) in [6.45, 7) is -0.418. The molecule has 16 heteroatoms. The fraction of sp³-hybridized carbons (Fsp3) is 0.486. The normalized spacial score (nSPS) is 17.0. The molecule has 51 heavy (non-hydrogen) atoms. The summed E-state index contributed by atoms with van der Waals surface area (Å²) < 4.78 is 46.7. The molecule has 3 aromatic rings. The Kier molecular flexibility index (Phi) is 13.6. The van der Waals surface area contributed by atoms with Crippen LogP contribution in [0, 0.1) is 0 Å². The van der Waals surface area contributed by atoms with Gasteiger partial charge < -0.3 is 45.3 Å². The molecule has 2 aromatic carbocycles. The number of ether oxygens (including phenoxy) is 3. The van der Waals surface area contributed by atoms with Gasteiger partial charge in [-0.3, -0.25) is 4.98 Å². The maximum absolute atomic E-state index is 13.1. The lowest BCUT2D eigenvalue weighted by molar-refractivity contribution is -0.0635. The zero-order chi connectivity index (χ0) is 36.4. The van der Waals surface area contributed by atoms with Gasteiger partial charge in [-0.25, -0.2) is 17.9 Å². The molecule has 0 saturated heterocycles. The van der Waals surface area contributed by atoms with Gasteiger partial charge in [0.2, 0.25) is 10.0 Å². The number of urea groups is 1. The summed E-state index contributed by atoms with van der Waals surface area (Å²) in [4.78, 5) is 16.3. The maximum atomic E-state index is 13.1. The second-order valence-corrected chi connectivity index (χ2v) is 14.7. The second-order valence-electron chi connectivity index (χ2n) is 12.6. The van der Waals surface area contributed by atoms with Gasteiger partial charge in [0, 0.05) is 54.8 Å². The first-order valence-electron chi connectivity index (χ1n) is 16.9. The number of pyridine rings is 1. The molecule has 0 bridgehead atoms. The van der Waals surface area contributed by atoms with Crippen molar-refractivity contribution in [1.29, 1.82) is 0 Å². The molecular formula is C35H45ClN4O10S. The molecule has 2 amide bonds. The van der Waals surface area contributed by atoms with Crippen molar-refractivity contribution < 1.29 is 47.8 Å². The highest BCUT2D eigenvalue weighted by Gasteiger charge is 2.48. The quantitative estimate of drug-likeness (QED) is 0.0786. The van der Waals surface area contributed by atoms with Crippen LogP contribution in [-0.4, -0.2) is 104 Å². The second kappa shape index (κ2) is 17.9. The van der Waals surface area contributed by atoms with Crippen molar-refractivity contribution in [2.24, 2.45) is 0 Å². The minimum Gasteiger partial charge on any atom is -0.490 e. The third kappa shape index (κ3) is 10.8. The van der Waals surface area contributed by atoms with Crippen LogP contribution in [0.5, 0.6) is 5.75 Å². The molecule has 7 N–H and O–H groups in total. The van der Waals surface area contributed by atoms with Crippen LogP contribution in [0.4, 0.5) is 4.79 Å². The number of nitrogens with zero attached hydrogens (tertiary/aromatic N) is 1. The van der Waals surface area contributed by atoms with Crippen LogP contribution < -0.4 is 20.1 Å². The highest BCUT2D eigenvalue weighted by Crippen LogP contribution is 2.53. The first kappa shape index (κ1) is 38.8. The lowest BCUT2D eigenvalue weighted by Crippen LogP contribution is -2.47. The summed E-state index contributed by atoms with van der Waals surface area (Å²) in [5, 5.41) is 43.3. The van der Waals surface area contributed by atoms with Gasteiger partial charge in [-0.15, -0.1) is 0 Å². The summed E-state index contributed by atoms with van der Waals surface area (Å²) >= 11 is 6.49. The predicted octanol–water partition coefficient (Wildman–Crippen LogP) is 2.21. The SMILES string of the molecule is O=C(NCCOCCNS(=O)(=O)c1ccc(Cl)c(COC2(c3cnccc3-c3ccccc3OC3CC3)CC2)c1)NC[C@@H](O)[C@H](O)[C@@H](O)CCO. The van der Waals surface area contributed by atoms with E-state index < -0.39 is 40.0 Å². The average molecular weight is 749 g/mol. The number of aliphatic hydroxyl groups excluding tert-OH is 4. The van der Waals surface area contributed by atoms with Gasteiger partial charge in [0.25, 0.3) is 0 Å². The Bertz CT molecular complexity index is 1720. The lowest BCUT2D eigenvalue weighted by Gasteiger charge is -2.22. The number of sulfonamides is 1. The molecule has 1 heterocycles. The van der Waals surface area contributed by atoms with Crippen LogP contribution in [0.2, 0.25) is 5.02 Å². The number of aromatic nitrogens is 1. The molecule has 278 valence electrons. The molecule has 2 fully saturated rings. The lowest BCUT2D eigenvalue weighted by atomic mass is 9.96. The smallest absolute Gasteiger partial charge is 0.314 e. The van der Waals surface area contributed by atoms with Gasteiger partial charge in [-0.05, 0) is 73.6 Å². The van der Waals surface area contributed by atoms with Gasteiger partial charge in [-0.2, -0.15) is 0 Å². The number of carbonyl (C=O) groups is 1. The Balaban J connectivity index is 1.08. The molecule has 0 spiro atoms. The minimum absolute atomic E-state index is 0.0257. The number of hydrogen-bond donors (Lipinski definition) is 7. The molecule has 2 aliphatic carbocycles. The van der Waals surface area contributed by atoms with E-state index in [9.17, 15) is 28.5 Å². The van der Waals surface area contributed by atoms with Crippen molar-refractivity contribution in [1.82, 2.24) is 20.3 Å². The number of carbonyl (C=O) groups excluding carboxylic acids is 1. The highest BCUT2D eigenvalue weighted by atomic mass is 35.5. The monoisotopic (exact) mass is 748 g/mol. The summed E-state index contributed by atoms with van der Waals surface area (Å²) in [7, 11) is -3.90. The van der Waals surface area contributed by atoms with Crippen molar-refractivity contribution in [2.45, 2.75) is 73.6 Å². The molecule has 2 saturated carbocycles. The Morgan fingerprint density at radius 3 is 2.51 bits per heavy atom. The van der Waals surface area contributed by atoms with E-state index in [4.69, 9.17) is 30.9 Å². The Morgan fingerprint density at radius 2 is 1.76 bits per heavy atom. The van der Waals surface area contributed by atoms with Crippen molar-refractivity contribution in [3.63, 3.8) is 0 Å². The van der Waals surface area contributed by atoms with Crippen LogP contribution in [-0.2, 0) is 31.7 Å². The van der Waals surface area contributed by atoms with E-state index in [0.29, 0.717) is 10.6 Å². The van der Waals surface area contributed by atoms with Gasteiger partial charge in [-0.1, -0.05) is 29.8 Å². The number of aliphatic hydroxyl groups is 4. The fourth-order valence-electron chi connectivity index (χ4n) is 5.41. The van der Waals surface area contributed by atoms with Crippen molar-refractivity contribution in [2.75, 3.05) is 39.5 Å². The number of hydrogen-bond acceptors (Lipinski definition) is 11. The zero-order valence-corrected chi connectivity index (χ0v) is 29.6. The molecule has 0 aliphatic heterocycles. The molecule has 14 nitrogen and oxygen atoms in total. The number of benzene rings is 2. The molecule has 0 unspecified atom stereocenters. The van der Waals surface area contributed by atoms with Gasteiger partial charge in [0.1, 0.15) is 11.9 Å². The summed E-state index contributed by atoms with van der Waals surface area (Å²) in [5.74, 6) is 0.825. The van der Waals surface area contributed by atoms with E-state index >= 15 is 0 Å². The molecule has 1 aromatic heterocycles. The minimum atomic E-state index is -3.90. The highest BCUT2D eigenvalue weighted by molar-refractivity contribution is 7.89. The van der Waals surface area contributed by atoms with Crippen LogP contribution >= 0.6 is 11.6 Å². The summed E-state index contributed by atoms with van der Waals surface area (Å²) in [6.07, 6.45) is 3.07. The van der Waals surface area contributed by atoms with Crippen LogP contribution in [0.1, 0.15) is 43.2 Å². The number of para-hydroxylation sites is 1. The van der Waals surface area contributed by atoms with Gasteiger partial charge in [0.15, 0.2) is 0 Å². The van der Waals surface area contributed by atoms with Crippen molar-refractivity contribution >= 4 is 27.7 Å². The van der Waals surface area contributed by atoms with E-state index in [0.717, 1.165) is 48.1 Å². The van der Waals surface area contributed by atoms with Crippen molar-refractivity contribution in [3.8, 4) is 16.9 Å². The first-order valence-corrected chi connectivity index (χ1v) is 18.8. The summed E-state index contributed by atoms with van der Waals surface area (Å²) in [6, 6.07) is 13.7. The van der Waals surface area contributed by atoms with E-state index in [1.165, 1.54) is 18.2 Å². The first-order chi connectivity index (χ1) is 24.5. The number of amides is 2. The fourth-order valence-corrected chi connectivity index (χ4v) is 6.65. The Hall–Kier alpha value is -3.38. The van der Waals surface area contributed by atoms with E-state index in [-0.39, 0.29) is 63.5 Å². The molecule has 5 rings (SSSR count). The van der Waals surface area contributed by atoms with Crippen LogP contribution in [0.3, 0.4) is 0 Å². The predicted molar refractivity (Wildman–Crippen MR) is 188 cm³/mol. The van der Waals surface area contributed by atoms with Crippen LogP contribution in [0.15, 0.2) is 65.8 Å². The number of nitrogens with one attached hydrogen (secondary N) is 3. The largest absolute Gasteiger partial charge is 0.490 e. The Labute approximate surface area is 302 Å². The molecule has 2 aliphatic rings. The topological polar surface area (TPSA) is 209 Å². The average Bonchev–Trinajstić information content (AvgIpc) is 4.07. The van der Waals surface area contributed by atoms with Crippen LogP contribution in [0.25, 0.3) is 11.1 Å². The van der Waals surface area contributed by atoms with E-state index in [1.54, 1.807) is 6.20 Å². The van der Waals surface area contributed by atoms with Crippen molar-refractivity contribution in [3.05, 3.63) is 77.1 Å². The standard InChI is InChI=1S/C35H45ClN4O10S/c36-29-8-7-25(51(46,47)40-15-18-48-17-14-38-34(45)39-21-31(43)33(44)30(42)10-16-41)19-23(29)22-49-35(11-12-35)28-20-37-13-9-26(28)27-3-1-2-4-32(27)50-24-5-6-24/h1-4,7-9,13,19-20,24,30-31,33,40-44H,5-6,10-12,14-18,21-22H2,(H2,38,39,45)/t30-,31+,33+/m0/s1. The molecule has 0 radical (unpaired) electrons. The third-order valence-corrected chi connectivity index (χ3v) is 10.4. The number of halogens is 1. The molecule has 3 atom stereocenters. The summed E-state index contributed by atoms with van der Waals surface area (Å²) in [5.41, 5.74) is 2.83. The third-order valence-electron chi connectivity index (χ3n) is 8.60. The van der Waals surface area contributed by atoms with Gasteiger partial charge in [0.05, 0.1) is 48.6 Å². The molecular weight excluding hydrogens is 704 g/mol. The van der Waals surface area contributed by atoms with Gasteiger partial charge >= 0.3 is 6.03 Å². The number of rotatable bonds is 21. The zero-order valence-electron chi connectivity index (χ0n) is 28.0. The van der Waals surface area contributed by atoms with E-state index in [2.05, 4.69) is 20.3 Å². The Morgan fingerprint density at radius 1 is 1.00 bits per heavy atom. The van der Waals surface area contributed by atoms with E-state index in [1.807, 2.05) is 36.5 Å².